The van der Waals surface area contributed by atoms with E-state index in [2.05, 4.69) is 42.7 Å². The summed E-state index contributed by atoms with van der Waals surface area (Å²) in [6, 6.07) is 11.0. The maximum Gasteiger partial charge on any atom is 0.372 e. The Morgan fingerprint density at radius 3 is 2.27 bits per heavy atom. The zero-order valence-electron chi connectivity index (χ0n) is 23.8. The molecule has 40 heavy (non-hydrogen) atoms. The molecule has 0 spiro atoms. The molecular formula is C28H39Cl2N7O2S. The van der Waals surface area contributed by atoms with Crippen molar-refractivity contribution in [3.63, 3.8) is 0 Å². The predicted octanol–water partition coefficient (Wildman–Crippen LogP) is 8.56. The van der Waals surface area contributed by atoms with E-state index in [9.17, 15) is 4.79 Å². The number of aromatic nitrogens is 5. The van der Waals surface area contributed by atoms with Gasteiger partial charge >= 0.3 is 5.30 Å². The summed E-state index contributed by atoms with van der Waals surface area (Å²) in [7, 11) is 0. The number of hydrogen-bond donors (Lipinski definition) is 2. The molecule has 12 heteroatoms. The van der Waals surface area contributed by atoms with Gasteiger partial charge in [0, 0.05) is 29.5 Å². The standard InChI is InChI=1S/C19H23ClN2O2S.C9H16ClN5/c1-2-3-4-5-6-10-13-25-19(23)24-16-14-17(20)21-22-18(16)15-11-8-7-9-12-15;1-5-11-7-12-6(10)13-8(14-7)15-9(2,3)4/h7-9,11-12,14H,2-6,10,13H2,1H3;5H2,1-4H3,(H2,11,12,13,14,15). The topological polar surface area (TPSA) is 115 Å². The molecule has 0 atom stereocenters. The second-order valence-corrected chi connectivity index (χ2v) is 11.6. The summed E-state index contributed by atoms with van der Waals surface area (Å²) in [5.41, 5.74) is 1.24. The molecule has 0 saturated carbocycles. The molecule has 0 unspecified atom stereocenters. The predicted molar refractivity (Wildman–Crippen MR) is 167 cm³/mol. The lowest BCUT2D eigenvalue weighted by Gasteiger charge is -2.20. The minimum absolute atomic E-state index is 0.103. The average Bonchev–Trinajstić information content (AvgIpc) is 2.88. The Morgan fingerprint density at radius 2 is 1.60 bits per heavy atom. The fourth-order valence-corrected chi connectivity index (χ4v) is 4.32. The molecule has 3 aromatic rings. The maximum absolute atomic E-state index is 12.1. The molecule has 2 N–H and O–H groups in total. The third-order valence-corrected chi connectivity index (χ3v) is 6.28. The van der Waals surface area contributed by atoms with E-state index in [1.165, 1.54) is 43.5 Å². The van der Waals surface area contributed by atoms with Gasteiger partial charge in [0.25, 0.3) is 0 Å². The molecule has 0 aliphatic heterocycles. The van der Waals surface area contributed by atoms with Crippen molar-refractivity contribution in [1.82, 2.24) is 25.1 Å². The van der Waals surface area contributed by atoms with Crippen LogP contribution < -0.4 is 15.4 Å². The zero-order valence-corrected chi connectivity index (χ0v) is 26.2. The number of carbonyl (C=O) groups is 1. The van der Waals surface area contributed by atoms with Gasteiger partial charge in [0.15, 0.2) is 10.9 Å². The Hall–Kier alpha value is -2.69. The summed E-state index contributed by atoms with van der Waals surface area (Å²) in [5, 5.41) is 14.1. The Balaban J connectivity index is 0.000000319. The van der Waals surface area contributed by atoms with Gasteiger partial charge in [-0.05, 0) is 57.5 Å². The van der Waals surface area contributed by atoms with Gasteiger partial charge in [-0.1, -0.05) is 81.0 Å². The molecule has 0 fully saturated rings. The summed E-state index contributed by atoms with van der Waals surface area (Å²) < 4.78 is 5.46. The van der Waals surface area contributed by atoms with Gasteiger partial charge in [-0.2, -0.15) is 15.0 Å². The molecular weight excluding hydrogens is 569 g/mol. The third-order valence-electron chi connectivity index (χ3n) is 5.12. The number of hydrogen-bond acceptors (Lipinski definition) is 10. The third kappa shape index (κ3) is 13.6. The highest BCUT2D eigenvalue weighted by Gasteiger charge is 2.15. The van der Waals surface area contributed by atoms with Crippen molar-refractivity contribution in [2.45, 2.75) is 78.7 Å². The fraction of sp³-hybridized carbons (Fsp3) is 0.500. The normalized spacial score (nSPS) is 10.9. The van der Waals surface area contributed by atoms with E-state index >= 15 is 0 Å². The Morgan fingerprint density at radius 1 is 0.925 bits per heavy atom. The first-order valence-electron chi connectivity index (χ1n) is 13.5. The van der Waals surface area contributed by atoms with E-state index in [0.29, 0.717) is 23.3 Å². The van der Waals surface area contributed by atoms with Crippen molar-refractivity contribution in [3.8, 4) is 17.0 Å². The van der Waals surface area contributed by atoms with Crippen LogP contribution in [0.2, 0.25) is 10.4 Å². The van der Waals surface area contributed by atoms with Crippen molar-refractivity contribution in [1.29, 1.82) is 0 Å². The van der Waals surface area contributed by atoms with Gasteiger partial charge in [-0.3, -0.25) is 0 Å². The van der Waals surface area contributed by atoms with Crippen LogP contribution in [0.25, 0.3) is 11.3 Å². The molecule has 3 rings (SSSR count). The minimum atomic E-state index is -0.338. The van der Waals surface area contributed by atoms with Crippen LogP contribution in [0, 0.1) is 0 Å². The SMILES string of the molecule is CCCCCCCCSC(=O)Oc1cc(Cl)nnc1-c1ccccc1.CCNc1nc(Cl)nc(NC(C)(C)C)n1. The smallest absolute Gasteiger partial charge is 0.372 e. The number of unbranched alkanes of at least 4 members (excludes halogenated alkanes) is 5. The van der Waals surface area contributed by atoms with Crippen molar-refractivity contribution >= 4 is 52.2 Å². The molecule has 1 aromatic carbocycles. The summed E-state index contributed by atoms with van der Waals surface area (Å²) in [6.07, 6.45) is 7.20. The molecule has 0 amide bonds. The van der Waals surface area contributed by atoms with E-state index in [-0.39, 0.29) is 21.3 Å². The molecule has 218 valence electrons. The van der Waals surface area contributed by atoms with Crippen molar-refractivity contribution in [3.05, 3.63) is 46.8 Å². The molecule has 0 bridgehead atoms. The van der Waals surface area contributed by atoms with Gasteiger partial charge in [0.2, 0.25) is 17.2 Å². The zero-order chi connectivity index (χ0) is 29.4. The summed E-state index contributed by atoms with van der Waals surface area (Å²) in [5.74, 6) is 2.08. The first-order chi connectivity index (χ1) is 19.1. The van der Waals surface area contributed by atoms with Crippen molar-refractivity contribution in [2.24, 2.45) is 0 Å². The quantitative estimate of drug-likeness (QED) is 0.153. The highest BCUT2D eigenvalue weighted by atomic mass is 35.5. The fourth-order valence-electron chi connectivity index (χ4n) is 3.36. The van der Waals surface area contributed by atoms with E-state index in [0.717, 1.165) is 30.7 Å². The number of nitrogens with zero attached hydrogens (tertiary/aromatic N) is 5. The number of rotatable bonds is 12. The second kappa shape index (κ2) is 17.9. The number of benzene rings is 1. The van der Waals surface area contributed by atoms with Crippen LogP contribution in [0.5, 0.6) is 5.75 Å². The Kier molecular flexibility index (Phi) is 15.0. The van der Waals surface area contributed by atoms with Crippen LogP contribution in [0.1, 0.15) is 73.1 Å². The Bertz CT molecular complexity index is 1180. The van der Waals surface area contributed by atoms with E-state index in [1.54, 1.807) is 0 Å². The number of halogens is 2. The number of anilines is 2. The lowest BCUT2D eigenvalue weighted by atomic mass is 10.1. The highest BCUT2D eigenvalue weighted by molar-refractivity contribution is 8.13. The van der Waals surface area contributed by atoms with E-state index in [1.807, 2.05) is 58.0 Å². The van der Waals surface area contributed by atoms with Crippen LogP contribution in [-0.2, 0) is 0 Å². The average molecular weight is 609 g/mol. The molecule has 2 aromatic heterocycles. The first kappa shape index (κ1) is 33.5. The summed E-state index contributed by atoms with van der Waals surface area (Å²) in [4.78, 5) is 24.2. The van der Waals surface area contributed by atoms with Gasteiger partial charge in [0.05, 0.1) is 0 Å². The highest BCUT2D eigenvalue weighted by Crippen LogP contribution is 2.30. The lowest BCUT2D eigenvalue weighted by Crippen LogP contribution is -2.27. The van der Waals surface area contributed by atoms with Crippen molar-refractivity contribution < 1.29 is 9.53 Å². The number of ether oxygens (including phenoxy) is 1. The molecule has 0 saturated heterocycles. The summed E-state index contributed by atoms with van der Waals surface area (Å²) in [6.45, 7) is 11.0. The van der Waals surface area contributed by atoms with Gasteiger partial charge in [-0.15, -0.1) is 10.2 Å². The Labute approximate surface area is 251 Å². The van der Waals surface area contributed by atoms with E-state index < -0.39 is 0 Å². The molecule has 0 aliphatic rings. The number of nitrogens with one attached hydrogen (secondary N) is 2. The van der Waals surface area contributed by atoms with Crippen LogP contribution >= 0.6 is 35.0 Å². The maximum atomic E-state index is 12.1. The second-order valence-electron chi connectivity index (χ2n) is 9.87. The molecule has 0 aliphatic carbocycles. The summed E-state index contributed by atoms with van der Waals surface area (Å²) >= 11 is 12.9. The van der Waals surface area contributed by atoms with Gasteiger partial charge in [-0.25, -0.2) is 4.79 Å². The van der Waals surface area contributed by atoms with Crippen LogP contribution in [0.4, 0.5) is 16.7 Å². The molecule has 2 heterocycles. The first-order valence-corrected chi connectivity index (χ1v) is 15.2. The monoisotopic (exact) mass is 607 g/mol. The van der Waals surface area contributed by atoms with Crippen LogP contribution in [0.3, 0.4) is 0 Å². The van der Waals surface area contributed by atoms with E-state index in [4.69, 9.17) is 27.9 Å². The van der Waals surface area contributed by atoms with Crippen LogP contribution in [-0.4, -0.2) is 48.3 Å². The number of thioether (sulfide) groups is 1. The molecule has 9 nitrogen and oxygen atoms in total. The molecule has 0 radical (unpaired) electrons. The van der Waals surface area contributed by atoms with Crippen LogP contribution in [0.15, 0.2) is 36.4 Å². The lowest BCUT2D eigenvalue weighted by molar-refractivity contribution is 0.227. The largest absolute Gasteiger partial charge is 0.416 e. The minimum Gasteiger partial charge on any atom is -0.416 e. The van der Waals surface area contributed by atoms with Gasteiger partial charge < -0.3 is 15.4 Å². The van der Waals surface area contributed by atoms with Gasteiger partial charge in [0.1, 0.15) is 5.69 Å². The van der Waals surface area contributed by atoms with Crippen molar-refractivity contribution in [2.75, 3.05) is 22.9 Å². The number of carbonyl (C=O) groups excluding carboxylic acids is 1.